The van der Waals surface area contributed by atoms with Gasteiger partial charge in [0.2, 0.25) is 5.91 Å². The Labute approximate surface area is 107 Å². The van der Waals surface area contributed by atoms with Crippen LogP contribution in [0.3, 0.4) is 0 Å². The molecule has 1 aromatic heterocycles. The number of aromatic nitrogens is 2. The number of aryl methyl sites for hydroxylation is 2. The van der Waals surface area contributed by atoms with Crippen LogP contribution in [0.15, 0.2) is 6.07 Å². The number of primary amides is 1. The van der Waals surface area contributed by atoms with Crippen LogP contribution < -0.4 is 11.1 Å². The molecule has 0 fully saturated rings. The Hall–Kier alpha value is -1.69. The van der Waals surface area contributed by atoms with Crippen molar-refractivity contribution in [3.63, 3.8) is 0 Å². The first-order valence-electron chi connectivity index (χ1n) is 6.02. The molecule has 0 aliphatic rings. The summed E-state index contributed by atoms with van der Waals surface area (Å²) < 4.78 is 0. The first-order chi connectivity index (χ1) is 8.43. The van der Waals surface area contributed by atoms with Crippen molar-refractivity contribution in [3.05, 3.63) is 17.6 Å². The third-order valence-corrected chi connectivity index (χ3v) is 2.49. The highest BCUT2D eigenvalue weighted by Crippen LogP contribution is 2.11. The lowest BCUT2D eigenvalue weighted by atomic mass is 10.1. The molecule has 1 rings (SSSR count). The molecule has 1 heterocycles. The summed E-state index contributed by atoms with van der Waals surface area (Å²) in [5.74, 6) is 0.520. The highest BCUT2D eigenvalue weighted by molar-refractivity contribution is 5.83. The van der Waals surface area contributed by atoms with Gasteiger partial charge in [-0.2, -0.15) is 0 Å². The lowest BCUT2D eigenvalue weighted by molar-refractivity contribution is -0.120. The summed E-state index contributed by atoms with van der Waals surface area (Å²) in [6.07, 6.45) is 0.937. The molecule has 0 saturated heterocycles. The Bertz CT molecular complexity index is 421. The standard InChI is InChI=1S/C12H20N4O2/c1-4-5-9-6-10(15-8(3)14-9)16-11(7(2)17)12(13)18/h6-7,11,17H,4-5H2,1-3H3,(H2,13,18)(H,14,15,16)/t7-,11+/m1/s1. The van der Waals surface area contributed by atoms with Crippen LogP contribution in [0.2, 0.25) is 0 Å². The summed E-state index contributed by atoms with van der Waals surface area (Å²) in [4.78, 5) is 19.7. The third kappa shape index (κ3) is 3.96. The molecule has 0 saturated carbocycles. The van der Waals surface area contributed by atoms with Gasteiger partial charge in [0.05, 0.1) is 6.10 Å². The molecule has 0 aliphatic carbocycles. The smallest absolute Gasteiger partial charge is 0.242 e. The Morgan fingerprint density at radius 3 is 2.72 bits per heavy atom. The minimum atomic E-state index is -0.882. The van der Waals surface area contributed by atoms with Crippen LogP contribution in [-0.2, 0) is 11.2 Å². The summed E-state index contributed by atoms with van der Waals surface area (Å²) in [5, 5.41) is 12.3. The van der Waals surface area contributed by atoms with Crippen molar-refractivity contribution in [2.75, 3.05) is 5.32 Å². The first kappa shape index (κ1) is 14.4. The van der Waals surface area contributed by atoms with E-state index in [1.54, 1.807) is 13.0 Å². The molecule has 0 unspecified atom stereocenters. The second kappa shape index (κ2) is 6.30. The lowest BCUT2D eigenvalue weighted by Gasteiger charge is -2.19. The molecule has 100 valence electrons. The maximum atomic E-state index is 11.2. The lowest BCUT2D eigenvalue weighted by Crippen LogP contribution is -2.43. The van der Waals surface area contributed by atoms with Crippen LogP contribution in [0.4, 0.5) is 5.82 Å². The van der Waals surface area contributed by atoms with Crippen molar-refractivity contribution >= 4 is 11.7 Å². The minimum Gasteiger partial charge on any atom is -0.391 e. The van der Waals surface area contributed by atoms with Crippen LogP contribution in [0.25, 0.3) is 0 Å². The maximum Gasteiger partial charge on any atom is 0.242 e. The topological polar surface area (TPSA) is 101 Å². The van der Waals surface area contributed by atoms with Crippen molar-refractivity contribution < 1.29 is 9.90 Å². The van der Waals surface area contributed by atoms with E-state index in [-0.39, 0.29) is 0 Å². The summed E-state index contributed by atoms with van der Waals surface area (Å²) in [6.45, 7) is 5.35. The van der Waals surface area contributed by atoms with Gasteiger partial charge in [-0.1, -0.05) is 13.3 Å². The molecule has 0 aliphatic heterocycles. The molecule has 18 heavy (non-hydrogen) atoms. The molecule has 0 bridgehead atoms. The van der Waals surface area contributed by atoms with Crippen LogP contribution in [-0.4, -0.2) is 33.1 Å². The number of carbonyl (C=O) groups excluding carboxylic acids is 1. The Morgan fingerprint density at radius 1 is 1.56 bits per heavy atom. The molecule has 1 amide bonds. The van der Waals surface area contributed by atoms with E-state index >= 15 is 0 Å². The van der Waals surface area contributed by atoms with E-state index in [0.717, 1.165) is 18.5 Å². The van der Waals surface area contributed by atoms with Gasteiger partial charge in [-0.05, 0) is 20.3 Å². The van der Waals surface area contributed by atoms with Gasteiger partial charge in [-0.3, -0.25) is 4.79 Å². The molecular formula is C12H20N4O2. The molecule has 0 spiro atoms. The Kier molecular flexibility index (Phi) is 5.03. The van der Waals surface area contributed by atoms with E-state index in [4.69, 9.17) is 5.73 Å². The number of hydrogen-bond donors (Lipinski definition) is 3. The monoisotopic (exact) mass is 252 g/mol. The number of amides is 1. The second-order valence-corrected chi connectivity index (χ2v) is 4.31. The SMILES string of the molecule is CCCc1cc(N[C@H](C(N)=O)[C@@H](C)O)nc(C)n1. The highest BCUT2D eigenvalue weighted by Gasteiger charge is 2.21. The number of anilines is 1. The molecule has 2 atom stereocenters. The highest BCUT2D eigenvalue weighted by atomic mass is 16.3. The van der Waals surface area contributed by atoms with E-state index in [2.05, 4.69) is 22.2 Å². The predicted octanol–water partition coefficient (Wildman–Crippen LogP) is 0.384. The molecule has 0 aromatic carbocycles. The summed E-state index contributed by atoms with van der Waals surface area (Å²) in [6, 6.07) is 0.920. The number of carbonyl (C=O) groups is 1. The van der Waals surface area contributed by atoms with Crippen LogP contribution >= 0.6 is 0 Å². The van der Waals surface area contributed by atoms with Crippen LogP contribution in [0.1, 0.15) is 31.8 Å². The molecule has 4 N–H and O–H groups in total. The zero-order valence-electron chi connectivity index (χ0n) is 11.0. The van der Waals surface area contributed by atoms with Crippen LogP contribution in [0, 0.1) is 6.92 Å². The number of hydrogen-bond acceptors (Lipinski definition) is 5. The molecular weight excluding hydrogens is 232 g/mol. The Balaban J connectivity index is 2.91. The van der Waals surface area contributed by atoms with Gasteiger partial charge in [0.15, 0.2) is 0 Å². The molecule has 6 nitrogen and oxygen atoms in total. The number of nitrogens with two attached hydrogens (primary N) is 1. The number of aliphatic hydroxyl groups is 1. The summed E-state index contributed by atoms with van der Waals surface area (Å²) >= 11 is 0. The van der Waals surface area contributed by atoms with E-state index in [1.807, 2.05) is 0 Å². The Morgan fingerprint density at radius 2 is 2.22 bits per heavy atom. The van der Waals surface area contributed by atoms with Gasteiger partial charge in [0, 0.05) is 11.8 Å². The third-order valence-electron chi connectivity index (χ3n) is 2.49. The predicted molar refractivity (Wildman–Crippen MR) is 69.0 cm³/mol. The van der Waals surface area contributed by atoms with Crippen molar-refractivity contribution in [1.29, 1.82) is 0 Å². The van der Waals surface area contributed by atoms with E-state index in [0.29, 0.717) is 11.6 Å². The summed E-state index contributed by atoms with van der Waals surface area (Å²) in [7, 11) is 0. The van der Waals surface area contributed by atoms with E-state index < -0.39 is 18.1 Å². The fourth-order valence-corrected chi connectivity index (χ4v) is 1.68. The van der Waals surface area contributed by atoms with Gasteiger partial charge in [-0.15, -0.1) is 0 Å². The molecule has 1 aromatic rings. The van der Waals surface area contributed by atoms with E-state index in [9.17, 15) is 9.90 Å². The van der Waals surface area contributed by atoms with Gasteiger partial charge in [0.25, 0.3) is 0 Å². The molecule has 6 heteroatoms. The number of rotatable bonds is 6. The first-order valence-corrected chi connectivity index (χ1v) is 6.02. The van der Waals surface area contributed by atoms with Crippen molar-refractivity contribution in [1.82, 2.24) is 9.97 Å². The van der Waals surface area contributed by atoms with E-state index in [1.165, 1.54) is 6.92 Å². The summed E-state index contributed by atoms with van der Waals surface area (Å²) in [5.41, 5.74) is 6.12. The average Bonchev–Trinajstić information content (AvgIpc) is 2.24. The van der Waals surface area contributed by atoms with Crippen LogP contribution in [0.5, 0.6) is 0 Å². The zero-order chi connectivity index (χ0) is 13.7. The number of aliphatic hydroxyl groups excluding tert-OH is 1. The quantitative estimate of drug-likeness (QED) is 0.679. The maximum absolute atomic E-state index is 11.2. The fourth-order valence-electron chi connectivity index (χ4n) is 1.68. The molecule has 0 radical (unpaired) electrons. The van der Waals surface area contributed by atoms with Crippen molar-refractivity contribution in [2.24, 2.45) is 5.73 Å². The van der Waals surface area contributed by atoms with Gasteiger partial charge in [0.1, 0.15) is 17.7 Å². The zero-order valence-corrected chi connectivity index (χ0v) is 11.0. The number of nitrogens with one attached hydrogen (secondary N) is 1. The van der Waals surface area contributed by atoms with Gasteiger partial charge < -0.3 is 16.2 Å². The number of nitrogens with zero attached hydrogens (tertiary/aromatic N) is 2. The van der Waals surface area contributed by atoms with Crippen molar-refractivity contribution in [2.45, 2.75) is 45.8 Å². The second-order valence-electron chi connectivity index (χ2n) is 4.31. The largest absolute Gasteiger partial charge is 0.391 e. The van der Waals surface area contributed by atoms with Gasteiger partial charge in [-0.25, -0.2) is 9.97 Å². The van der Waals surface area contributed by atoms with Crippen molar-refractivity contribution in [3.8, 4) is 0 Å². The van der Waals surface area contributed by atoms with Gasteiger partial charge >= 0.3 is 0 Å². The minimum absolute atomic E-state index is 0.510. The fraction of sp³-hybridized carbons (Fsp3) is 0.583. The average molecular weight is 252 g/mol. The normalized spacial score (nSPS) is 14.0.